The number of carboxylic acids is 1. The maximum atomic E-state index is 11.4. The van der Waals surface area contributed by atoms with Gasteiger partial charge in [-0.1, -0.05) is 30.3 Å². The van der Waals surface area contributed by atoms with E-state index in [0.717, 1.165) is 11.8 Å². The minimum absolute atomic E-state index is 0.374. The lowest BCUT2D eigenvalue weighted by Gasteiger charge is -2.28. The molecule has 0 heterocycles. The van der Waals surface area contributed by atoms with Crippen molar-refractivity contribution in [1.82, 2.24) is 5.32 Å². The van der Waals surface area contributed by atoms with Gasteiger partial charge < -0.3 is 10.4 Å². The van der Waals surface area contributed by atoms with Gasteiger partial charge in [-0.2, -0.15) is 0 Å². The molecule has 16 heavy (non-hydrogen) atoms. The number of carbonyl (C=O) groups excluding carboxylic acids is 1. The van der Waals surface area contributed by atoms with E-state index in [1.807, 2.05) is 0 Å². The highest BCUT2D eigenvalue weighted by molar-refractivity contribution is 8.00. The highest BCUT2D eigenvalue weighted by atomic mass is 32.2. The van der Waals surface area contributed by atoms with Crippen LogP contribution in [0.4, 0.5) is 0 Å². The van der Waals surface area contributed by atoms with E-state index in [-0.39, 0.29) is 5.91 Å². The van der Waals surface area contributed by atoms with Crippen molar-refractivity contribution in [3.8, 4) is 0 Å². The normalized spacial score (nSPS) is 13.9. The van der Waals surface area contributed by atoms with Crippen LogP contribution in [0.1, 0.15) is 12.5 Å². The minimum Gasteiger partial charge on any atom is -0.479 e. The van der Waals surface area contributed by atoms with Gasteiger partial charge in [0.1, 0.15) is 0 Å². The number of hydrogen-bond acceptors (Lipinski definition) is 3. The molecule has 0 saturated carbocycles. The summed E-state index contributed by atoms with van der Waals surface area (Å²) in [5, 5.41) is 11.8. The molecule has 1 rings (SSSR count). The van der Waals surface area contributed by atoms with Gasteiger partial charge in [-0.15, -0.1) is 11.8 Å². The Morgan fingerprint density at radius 1 is 1.31 bits per heavy atom. The molecule has 1 aromatic carbocycles. The molecule has 0 aliphatic heterocycles. The number of benzene rings is 1. The Bertz CT molecular complexity index is 393. The summed E-state index contributed by atoms with van der Waals surface area (Å²) in [7, 11) is 0. The Morgan fingerprint density at radius 3 is 2.25 bits per heavy atom. The topological polar surface area (TPSA) is 66.4 Å². The van der Waals surface area contributed by atoms with Gasteiger partial charge in [-0.3, -0.25) is 4.79 Å². The van der Waals surface area contributed by atoms with Gasteiger partial charge in [0.2, 0.25) is 10.8 Å². The van der Waals surface area contributed by atoms with Gasteiger partial charge in [0.15, 0.2) is 0 Å². The fourth-order valence-electron chi connectivity index (χ4n) is 1.43. The van der Waals surface area contributed by atoms with Crippen LogP contribution < -0.4 is 5.32 Å². The molecule has 0 radical (unpaired) electrons. The van der Waals surface area contributed by atoms with E-state index < -0.39 is 10.8 Å². The summed E-state index contributed by atoms with van der Waals surface area (Å²) in [6.45, 7) is 1.30. The summed E-state index contributed by atoms with van der Waals surface area (Å²) in [5.74, 6) is -1.46. The third kappa shape index (κ3) is 2.36. The summed E-state index contributed by atoms with van der Waals surface area (Å²) in [6.07, 6.45) is 1.65. The molecule has 2 N–H and O–H groups in total. The van der Waals surface area contributed by atoms with Crippen LogP contribution >= 0.6 is 11.8 Å². The fraction of sp³-hybridized carbons (Fsp3) is 0.273. The molecule has 0 spiro atoms. The van der Waals surface area contributed by atoms with Crippen LogP contribution in [0.5, 0.6) is 0 Å². The zero-order valence-electron chi connectivity index (χ0n) is 9.06. The SMILES string of the molecule is CSC(NC(C)=O)(C(=O)O)c1ccccc1. The Balaban J connectivity index is 3.23. The molecule has 0 fully saturated rings. The highest BCUT2D eigenvalue weighted by Gasteiger charge is 2.40. The lowest BCUT2D eigenvalue weighted by atomic mass is 10.1. The minimum atomic E-state index is -1.41. The standard InChI is InChI=1S/C11H13NO3S/c1-8(13)12-11(16-2,10(14)15)9-6-4-3-5-7-9/h3-7H,1-2H3,(H,12,13)(H,14,15). The average Bonchev–Trinajstić information content (AvgIpc) is 2.26. The lowest BCUT2D eigenvalue weighted by molar-refractivity contribution is -0.143. The van der Waals surface area contributed by atoms with Crippen molar-refractivity contribution < 1.29 is 14.7 Å². The van der Waals surface area contributed by atoms with Crippen molar-refractivity contribution in [2.75, 3.05) is 6.26 Å². The fourth-order valence-corrected chi connectivity index (χ4v) is 2.22. The molecule has 5 heteroatoms. The highest BCUT2D eigenvalue weighted by Crippen LogP contribution is 2.32. The van der Waals surface area contributed by atoms with Gasteiger partial charge in [-0.05, 0) is 11.8 Å². The molecular formula is C11H13NO3S. The van der Waals surface area contributed by atoms with Gasteiger partial charge in [0, 0.05) is 6.92 Å². The van der Waals surface area contributed by atoms with Crippen LogP contribution in [0.15, 0.2) is 30.3 Å². The third-order valence-corrected chi connectivity index (χ3v) is 3.26. The van der Waals surface area contributed by atoms with Gasteiger partial charge in [0.05, 0.1) is 0 Å². The molecule has 4 nitrogen and oxygen atoms in total. The first kappa shape index (κ1) is 12.6. The number of amides is 1. The maximum absolute atomic E-state index is 11.4. The number of nitrogens with one attached hydrogen (secondary N) is 1. The first-order valence-corrected chi connectivity index (χ1v) is 5.88. The van der Waals surface area contributed by atoms with E-state index in [9.17, 15) is 14.7 Å². The summed E-state index contributed by atoms with van der Waals surface area (Å²) in [6, 6.07) is 8.64. The summed E-state index contributed by atoms with van der Waals surface area (Å²) in [5.41, 5.74) is 0.546. The van der Waals surface area contributed by atoms with E-state index in [2.05, 4.69) is 5.32 Å². The van der Waals surface area contributed by atoms with Crippen molar-refractivity contribution >= 4 is 23.6 Å². The van der Waals surface area contributed by atoms with Gasteiger partial charge in [0.25, 0.3) is 0 Å². The monoisotopic (exact) mass is 239 g/mol. The van der Waals surface area contributed by atoms with E-state index in [1.165, 1.54) is 6.92 Å². The molecule has 0 aromatic heterocycles. The zero-order valence-corrected chi connectivity index (χ0v) is 9.88. The smallest absolute Gasteiger partial charge is 0.344 e. The Kier molecular flexibility index (Phi) is 3.95. The third-order valence-electron chi connectivity index (χ3n) is 2.14. The number of carbonyl (C=O) groups is 2. The van der Waals surface area contributed by atoms with Gasteiger partial charge >= 0.3 is 5.97 Å². The van der Waals surface area contributed by atoms with Crippen molar-refractivity contribution in [3.05, 3.63) is 35.9 Å². The number of hydrogen-bond donors (Lipinski definition) is 2. The molecule has 1 atom stereocenters. The molecule has 1 amide bonds. The summed E-state index contributed by atoms with van der Waals surface area (Å²) >= 11 is 1.08. The quantitative estimate of drug-likeness (QED) is 0.780. The summed E-state index contributed by atoms with van der Waals surface area (Å²) < 4.78 is 0. The van der Waals surface area contributed by atoms with Crippen LogP contribution in [0.3, 0.4) is 0 Å². The van der Waals surface area contributed by atoms with E-state index in [4.69, 9.17) is 0 Å². The maximum Gasteiger partial charge on any atom is 0.344 e. The lowest BCUT2D eigenvalue weighted by Crippen LogP contribution is -2.48. The second kappa shape index (κ2) is 5.03. The van der Waals surface area contributed by atoms with Crippen molar-refractivity contribution in [2.45, 2.75) is 11.8 Å². The van der Waals surface area contributed by atoms with Crippen LogP contribution in [-0.2, 0) is 14.5 Å². The first-order chi connectivity index (χ1) is 7.53. The predicted molar refractivity (Wildman–Crippen MR) is 63.1 cm³/mol. The molecular weight excluding hydrogens is 226 g/mol. The summed E-state index contributed by atoms with van der Waals surface area (Å²) in [4.78, 5) is 21.1. The zero-order chi connectivity index (χ0) is 12.2. The van der Waals surface area contributed by atoms with Crippen LogP contribution in [0.2, 0.25) is 0 Å². The Labute approximate surface area is 98.0 Å². The Morgan fingerprint density at radius 2 is 1.88 bits per heavy atom. The molecule has 0 aliphatic rings. The van der Waals surface area contributed by atoms with Crippen LogP contribution in [-0.4, -0.2) is 23.2 Å². The molecule has 86 valence electrons. The van der Waals surface area contributed by atoms with Crippen molar-refractivity contribution in [2.24, 2.45) is 0 Å². The average molecular weight is 239 g/mol. The number of thioether (sulfide) groups is 1. The van der Waals surface area contributed by atoms with Crippen molar-refractivity contribution in [3.63, 3.8) is 0 Å². The number of carboxylic acid groups (broad SMARTS) is 1. The Hall–Kier alpha value is -1.49. The second-order valence-corrected chi connectivity index (χ2v) is 4.26. The van der Waals surface area contributed by atoms with Crippen LogP contribution in [0.25, 0.3) is 0 Å². The molecule has 0 bridgehead atoms. The molecule has 0 saturated heterocycles. The van der Waals surface area contributed by atoms with E-state index >= 15 is 0 Å². The molecule has 0 aliphatic carbocycles. The van der Waals surface area contributed by atoms with E-state index in [1.54, 1.807) is 36.6 Å². The molecule has 1 unspecified atom stereocenters. The number of rotatable bonds is 4. The largest absolute Gasteiger partial charge is 0.479 e. The first-order valence-electron chi connectivity index (χ1n) is 4.65. The van der Waals surface area contributed by atoms with Gasteiger partial charge in [-0.25, -0.2) is 4.79 Å². The molecule has 1 aromatic rings. The van der Waals surface area contributed by atoms with E-state index in [0.29, 0.717) is 5.56 Å². The number of aliphatic carboxylic acids is 1. The van der Waals surface area contributed by atoms with Crippen LogP contribution in [0, 0.1) is 0 Å². The van der Waals surface area contributed by atoms with Crippen molar-refractivity contribution in [1.29, 1.82) is 0 Å². The second-order valence-electron chi connectivity index (χ2n) is 3.24. The predicted octanol–water partition coefficient (Wildman–Crippen LogP) is 1.42.